The Labute approximate surface area is 101 Å². The second-order valence-electron chi connectivity index (χ2n) is 3.10. The van der Waals surface area contributed by atoms with E-state index in [9.17, 15) is 18.0 Å². The van der Waals surface area contributed by atoms with E-state index >= 15 is 0 Å². The summed E-state index contributed by atoms with van der Waals surface area (Å²) in [4.78, 5) is 11.3. The first kappa shape index (κ1) is 11.9. The van der Waals surface area contributed by atoms with Crippen LogP contribution in [-0.4, -0.2) is 16.6 Å². The summed E-state index contributed by atoms with van der Waals surface area (Å²) in [7, 11) is 0. The number of fused-ring (bicyclic) bond motifs is 1. The van der Waals surface area contributed by atoms with Crippen LogP contribution in [0.3, 0.4) is 0 Å². The first-order valence-corrected chi connectivity index (χ1v) is 5.10. The van der Waals surface area contributed by atoms with Gasteiger partial charge in [0.25, 0.3) is 5.56 Å². The number of hydrogen-bond acceptors (Lipinski definition) is 3. The van der Waals surface area contributed by atoms with Crippen LogP contribution in [-0.2, 0) is 0 Å². The van der Waals surface area contributed by atoms with Gasteiger partial charge in [0, 0.05) is 4.47 Å². The molecule has 0 saturated heterocycles. The molecule has 1 heterocycles. The summed E-state index contributed by atoms with van der Waals surface area (Å²) >= 11 is 3.09. The number of nitrogens with zero attached hydrogens (tertiary/aromatic N) is 1. The van der Waals surface area contributed by atoms with Gasteiger partial charge < -0.3 is 4.74 Å². The number of nitrogens with one attached hydrogen (secondary N) is 1. The van der Waals surface area contributed by atoms with Crippen molar-refractivity contribution in [2.24, 2.45) is 0 Å². The summed E-state index contributed by atoms with van der Waals surface area (Å²) in [6.45, 7) is 0. The zero-order valence-corrected chi connectivity index (χ0v) is 9.59. The van der Waals surface area contributed by atoms with Gasteiger partial charge in [-0.25, -0.2) is 5.10 Å². The number of ether oxygens (including phenoxy) is 1. The standard InChI is InChI=1S/C9H4BrF3N2O2/c10-4-1-2-5-6(3-4)8(15-14-7(5)16)17-9(11,12)13/h1-3H,(H,14,16). The van der Waals surface area contributed by atoms with Crippen LogP contribution in [0.5, 0.6) is 5.88 Å². The lowest BCUT2D eigenvalue weighted by Crippen LogP contribution is -2.20. The fourth-order valence-electron chi connectivity index (χ4n) is 1.30. The summed E-state index contributed by atoms with van der Waals surface area (Å²) in [5, 5.41) is 5.23. The Balaban J connectivity index is 2.68. The SMILES string of the molecule is O=c1[nH]nc(OC(F)(F)F)c2cc(Br)ccc12. The number of aromatic nitrogens is 2. The van der Waals surface area contributed by atoms with Gasteiger partial charge in [-0.05, 0) is 18.2 Å². The third kappa shape index (κ3) is 2.57. The molecule has 17 heavy (non-hydrogen) atoms. The molecule has 0 bridgehead atoms. The number of H-pyrrole nitrogens is 1. The quantitative estimate of drug-likeness (QED) is 0.881. The molecule has 0 spiro atoms. The highest BCUT2D eigenvalue weighted by atomic mass is 79.9. The van der Waals surface area contributed by atoms with Crippen LogP contribution in [0.1, 0.15) is 0 Å². The molecule has 0 aliphatic heterocycles. The highest BCUT2D eigenvalue weighted by molar-refractivity contribution is 9.10. The van der Waals surface area contributed by atoms with Crippen molar-refractivity contribution in [2.45, 2.75) is 6.36 Å². The monoisotopic (exact) mass is 308 g/mol. The third-order valence-corrected chi connectivity index (χ3v) is 2.42. The second-order valence-corrected chi connectivity index (χ2v) is 4.01. The van der Waals surface area contributed by atoms with E-state index in [1.54, 1.807) is 0 Å². The molecule has 0 unspecified atom stereocenters. The van der Waals surface area contributed by atoms with Gasteiger partial charge in [-0.1, -0.05) is 15.9 Å². The normalized spacial score (nSPS) is 11.8. The second kappa shape index (κ2) is 4.02. The van der Waals surface area contributed by atoms with Crippen LogP contribution in [0.4, 0.5) is 13.2 Å². The minimum absolute atomic E-state index is 0.0135. The van der Waals surface area contributed by atoms with Gasteiger partial charge in [0.15, 0.2) is 0 Å². The lowest BCUT2D eigenvalue weighted by Gasteiger charge is -2.09. The smallest absolute Gasteiger partial charge is 0.386 e. The van der Waals surface area contributed by atoms with Crippen LogP contribution in [0.15, 0.2) is 27.5 Å². The number of halogens is 4. The van der Waals surface area contributed by atoms with Crippen LogP contribution in [0.25, 0.3) is 10.8 Å². The molecule has 1 aromatic heterocycles. The molecular weight excluding hydrogens is 305 g/mol. The molecule has 1 aromatic carbocycles. The van der Waals surface area contributed by atoms with Gasteiger partial charge in [-0.15, -0.1) is 18.3 Å². The molecular formula is C9H4BrF3N2O2. The minimum Gasteiger partial charge on any atom is -0.386 e. The average Bonchev–Trinajstić information content (AvgIpc) is 2.20. The molecule has 0 radical (unpaired) electrons. The van der Waals surface area contributed by atoms with E-state index in [1.807, 2.05) is 5.10 Å². The molecule has 2 rings (SSSR count). The Morgan fingerprint density at radius 2 is 2.00 bits per heavy atom. The van der Waals surface area contributed by atoms with Crippen molar-refractivity contribution < 1.29 is 17.9 Å². The van der Waals surface area contributed by atoms with E-state index < -0.39 is 17.8 Å². The molecule has 0 saturated carbocycles. The Morgan fingerprint density at radius 3 is 2.65 bits per heavy atom. The highest BCUT2D eigenvalue weighted by Crippen LogP contribution is 2.28. The van der Waals surface area contributed by atoms with Crippen LogP contribution in [0.2, 0.25) is 0 Å². The van der Waals surface area contributed by atoms with Gasteiger partial charge in [-0.3, -0.25) is 4.79 Å². The molecule has 0 amide bonds. The predicted octanol–water partition coefficient (Wildman–Crippen LogP) is 2.58. The molecule has 0 aliphatic rings. The van der Waals surface area contributed by atoms with Gasteiger partial charge in [-0.2, -0.15) is 0 Å². The van der Waals surface area contributed by atoms with E-state index in [0.29, 0.717) is 4.47 Å². The topological polar surface area (TPSA) is 55.0 Å². The van der Waals surface area contributed by atoms with Crippen molar-refractivity contribution in [3.05, 3.63) is 33.0 Å². The molecule has 2 aromatic rings. The van der Waals surface area contributed by atoms with E-state index in [2.05, 4.69) is 25.8 Å². The van der Waals surface area contributed by atoms with Crippen molar-refractivity contribution in [3.8, 4) is 5.88 Å². The Hall–Kier alpha value is -1.57. The maximum Gasteiger partial charge on any atom is 0.574 e. The van der Waals surface area contributed by atoms with Crippen molar-refractivity contribution in [1.82, 2.24) is 10.2 Å². The van der Waals surface area contributed by atoms with Crippen molar-refractivity contribution in [3.63, 3.8) is 0 Å². The largest absolute Gasteiger partial charge is 0.574 e. The molecule has 0 atom stereocenters. The van der Waals surface area contributed by atoms with Crippen LogP contribution in [0, 0.1) is 0 Å². The molecule has 4 nitrogen and oxygen atoms in total. The zero-order valence-electron chi connectivity index (χ0n) is 8.01. The number of rotatable bonds is 1. The fourth-order valence-corrected chi connectivity index (χ4v) is 1.66. The fraction of sp³-hybridized carbons (Fsp3) is 0.111. The van der Waals surface area contributed by atoms with Gasteiger partial charge >= 0.3 is 6.36 Å². The lowest BCUT2D eigenvalue weighted by molar-refractivity contribution is -0.275. The first-order chi connectivity index (χ1) is 7.87. The van der Waals surface area contributed by atoms with E-state index in [-0.39, 0.29) is 10.8 Å². The summed E-state index contributed by atoms with van der Waals surface area (Å²) in [5.74, 6) is -0.687. The molecule has 90 valence electrons. The molecule has 1 N–H and O–H groups in total. The van der Waals surface area contributed by atoms with Crippen LogP contribution < -0.4 is 10.3 Å². The zero-order chi connectivity index (χ0) is 12.6. The first-order valence-electron chi connectivity index (χ1n) is 4.30. The van der Waals surface area contributed by atoms with Crippen molar-refractivity contribution in [2.75, 3.05) is 0 Å². The number of alkyl halides is 3. The Morgan fingerprint density at radius 1 is 1.29 bits per heavy atom. The van der Waals surface area contributed by atoms with E-state index in [0.717, 1.165) is 0 Å². The number of benzene rings is 1. The Kier molecular flexibility index (Phi) is 2.82. The highest BCUT2D eigenvalue weighted by Gasteiger charge is 2.32. The van der Waals surface area contributed by atoms with E-state index in [4.69, 9.17) is 0 Å². The minimum atomic E-state index is -4.86. The Bertz CT molecular complexity index is 624. The maximum atomic E-state index is 12.1. The van der Waals surface area contributed by atoms with Gasteiger partial charge in [0.05, 0.1) is 10.8 Å². The van der Waals surface area contributed by atoms with Crippen LogP contribution >= 0.6 is 15.9 Å². The van der Waals surface area contributed by atoms with Gasteiger partial charge in [0.1, 0.15) is 0 Å². The summed E-state index contributed by atoms with van der Waals surface area (Å²) in [6, 6.07) is 4.25. The molecule has 0 fully saturated rings. The molecule has 8 heteroatoms. The average molecular weight is 309 g/mol. The van der Waals surface area contributed by atoms with E-state index in [1.165, 1.54) is 18.2 Å². The summed E-state index contributed by atoms with van der Waals surface area (Å²) < 4.78 is 40.6. The summed E-state index contributed by atoms with van der Waals surface area (Å²) in [5.41, 5.74) is -0.581. The van der Waals surface area contributed by atoms with Crippen molar-refractivity contribution in [1.29, 1.82) is 0 Å². The predicted molar refractivity (Wildman–Crippen MR) is 56.7 cm³/mol. The maximum absolute atomic E-state index is 12.1. The third-order valence-electron chi connectivity index (χ3n) is 1.93. The lowest BCUT2D eigenvalue weighted by atomic mass is 10.2. The van der Waals surface area contributed by atoms with Gasteiger partial charge in [0.2, 0.25) is 5.88 Å². The van der Waals surface area contributed by atoms with Crippen molar-refractivity contribution >= 4 is 26.7 Å². The summed E-state index contributed by atoms with van der Waals surface area (Å²) in [6.07, 6.45) is -4.86. The molecule has 0 aliphatic carbocycles. The number of aromatic amines is 1. The number of hydrogen-bond donors (Lipinski definition) is 1.